The third kappa shape index (κ3) is 3.51. The van der Waals surface area contributed by atoms with Crippen LogP contribution in [0.4, 0.5) is 0 Å². The van der Waals surface area contributed by atoms with Crippen molar-refractivity contribution in [2.24, 2.45) is 5.92 Å². The molecule has 0 radical (unpaired) electrons. The number of aliphatic hydroxyl groups is 1. The first-order valence-corrected chi connectivity index (χ1v) is 5.40. The Hall–Kier alpha value is -0.820. The van der Waals surface area contributed by atoms with Crippen LogP contribution in [-0.2, 0) is 0 Å². The fourth-order valence-electron chi connectivity index (χ4n) is 1.87. The van der Waals surface area contributed by atoms with E-state index in [-0.39, 0.29) is 6.61 Å². The second kappa shape index (κ2) is 5.82. The van der Waals surface area contributed by atoms with E-state index in [4.69, 9.17) is 5.11 Å². The van der Waals surface area contributed by atoms with Gasteiger partial charge in [-0.2, -0.15) is 0 Å². The maximum absolute atomic E-state index is 9.01. The zero-order valence-electron chi connectivity index (χ0n) is 9.11. The van der Waals surface area contributed by atoms with Crippen LogP contribution in [0.2, 0.25) is 0 Å². The fourth-order valence-corrected chi connectivity index (χ4v) is 1.87. The zero-order chi connectivity index (χ0) is 10.4. The summed E-state index contributed by atoms with van der Waals surface area (Å²) in [6, 6.07) is 10.5. The van der Waals surface area contributed by atoms with Gasteiger partial charge in [-0.1, -0.05) is 44.2 Å². The van der Waals surface area contributed by atoms with Gasteiger partial charge in [0.05, 0.1) is 0 Å². The zero-order valence-corrected chi connectivity index (χ0v) is 9.11. The number of benzene rings is 1. The van der Waals surface area contributed by atoms with E-state index >= 15 is 0 Å². The van der Waals surface area contributed by atoms with Gasteiger partial charge in [0.25, 0.3) is 0 Å². The predicted octanol–water partition coefficient (Wildman–Crippen LogP) is 3.20. The highest BCUT2D eigenvalue weighted by atomic mass is 16.3. The largest absolute Gasteiger partial charge is 0.396 e. The summed E-state index contributed by atoms with van der Waals surface area (Å²) < 4.78 is 0. The fraction of sp³-hybridized carbons (Fsp3) is 0.538. The molecule has 0 aliphatic rings. The molecule has 0 amide bonds. The van der Waals surface area contributed by atoms with E-state index in [0.717, 1.165) is 12.8 Å². The van der Waals surface area contributed by atoms with Gasteiger partial charge < -0.3 is 5.11 Å². The topological polar surface area (TPSA) is 20.2 Å². The van der Waals surface area contributed by atoms with Crippen molar-refractivity contribution in [2.45, 2.75) is 32.6 Å². The SMILES string of the molecule is CC(C)CC(CCO)c1ccccc1. The lowest BCUT2D eigenvalue weighted by atomic mass is 9.88. The molecule has 0 bridgehead atoms. The van der Waals surface area contributed by atoms with Crippen LogP contribution in [0.1, 0.15) is 38.2 Å². The predicted molar refractivity (Wildman–Crippen MR) is 60.3 cm³/mol. The Bertz CT molecular complexity index is 241. The Morgan fingerprint density at radius 2 is 1.79 bits per heavy atom. The van der Waals surface area contributed by atoms with Crippen molar-refractivity contribution < 1.29 is 5.11 Å². The van der Waals surface area contributed by atoms with E-state index in [0.29, 0.717) is 11.8 Å². The van der Waals surface area contributed by atoms with Gasteiger partial charge >= 0.3 is 0 Å². The molecule has 1 unspecified atom stereocenters. The lowest BCUT2D eigenvalue weighted by Gasteiger charge is -2.18. The Kier molecular flexibility index (Phi) is 4.68. The van der Waals surface area contributed by atoms with E-state index in [2.05, 4.69) is 38.1 Å². The summed E-state index contributed by atoms with van der Waals surface area (Å²) in [7, 11) is 0. The van der Waals surface area contributed by atoms with Crippen LogP contribution in [0.3, 0.4) is 0 Å². The standard InChI is InChI=1S/C13H20O/c1-11(2)10-13(8-9-14)12-6-4-3-5-7-12/h3-7,11,13-14H,8-10H2,1-2H3. The highest BCUT2D eigenvalue weighted by Crippen LogP contribution is 2.26. The van der Waals surface area contributed by atoms with E-state index in [1.54, 1.807) is 0 Å². The summed E-state index contributed by atoms with van der Waals surface area (Å²) in [5.41, 5.74) is 1.36. The van der Waals surface area contributed by atoms with E-state index in [1.165, 1.54) is 5.56 Å². The molecular weight excluding hydrogens is 172 g/mol. The summed E-state index contributed by atoms with van der Waals surface area (Å²) in [4.78, 5) is 0. The van der Waals surface area contributed by atoms with Crippen molar-refractivity contribution in [1.29, 1.82) is 0 Å². The van der Waals surface area contributed by atoms with Gasteiger partial charge in [0.2, 0.25) is 0 Å². The maximum atomic E-state index is 9.01. The summed E-state index contributed by atoms with van der Waals surface area (Å²) in [6.07, 6.45) is 2.03. The minimum absolute atomic E-state index is 0.284. The first-order valence-electron chi connectivity index (χ1n) is 5.40. The van der Waals surface area contributed by atoms with Gasteiger partial charge in [0, 0.05) is 6.61 Å². The molecule has 14 heavy (non-hydrogen) atoms. The van der Waals surface area contributed by atoms with Crippen LogP contribution < -0.4 is 0 Å². The van der Waals surface area contributed by atoms with E-state index in [9.17, 15) is 0 Å². The molecule has 0 saturated carbocycles. The van der Waals surface area contributed by atoms with Crippen LogP contribution in [-0.4, -0.2) is 11.7 Å². The van der Waals surface area contributed by atoms with Crippen molar-refractivity contribution in [2.75, 3.05) is 6.61 Å². The Morgan fingerprint density at radius 3 is 2.29 bits per heavy atom. The number of rotatable bonds is 5. The first-order chi connectivity index (χ1) is 6.74. The van der Waals surface area contributed by atoms with Crippen LogP contribution in [0, 0.1) is 5.92 Å². The number of aliphatic hydroxyl groups excluding tert-OH is 1. The highest BCUT2D eigenvalue weighted by molar-refractivity contribution is 5.19. The van der Waals surface area contributed by atoms with Crippen LogP contribution in [0.5, 0.6) is 0 Å². The van der Waals surface area contributed by atoms with Crippen molar-refractivity contribution in [3.8, 4) is 0 Å². The highest BCUT2D eigenvalue weighted by Gasteiger charge is 2.11. The lowest BCUT2D eigenvalue weighted by molar-refractivity contribution is 0.267. The Labute approximate surface area is 86.8 Å². The Morgan fingerprint density at radius 1 is 1.14 bits per heavy atom. The van der Waals surface area contributed by atoms with Gasteiger partial charge in [0.15, 0.2) is 0 Å². The normalized spacial score (nSPS) is 13.1. The summed E-state index contributed by atoms with van der Waals surface area (Å²) >= 11 is 0. The third-order valence-corrected chi connectivity index (χ3v) is 2.50. The Balaban J connectivity index is 2.67. The molecule has 1 rings (SSSR count). The van der Waals surface area contributed by atoms with Gasteiger partial charge in [-0.05, 0) is 30.2 Å². The molecule has 0 fully saturated rings. The molecule has 0 aromatic heterocycles. The van der Waals surface area contributed by atoms with Crippen LogP contribution in [0.25, 0.3) is 0 Å². The first kappa shape index (κ1) is 11.3. The molecule has 1 N–H and O–H groups in total. The second-order valence-electron chi connectivity index (χ2n) is 4.25. The molecule has 1 heteroatoms. The minimum Gasteiger partial charge on any atom is -0.396 e. The van der Waals surface area contributed by atoms with Crippen LogP contribution in [0.15, 0.2) is 30.3 Å². The molecule has 78 valence electrons. The molecule has 0 saturated heterocycles. The van der Waals surface area contributed by atoms with Crippen molar-refractivity contribution >= 4 is 0 Å². The monoisotopic (exact) mass is 192 g/mol. The van der Waals surface area contributed by atoms with Crippen molar-refractivity contribution in [3.63, 3.8) is 0 Å². The molecule has 0 spiro atoms. The van der Waals surface area contributed by atoms with E-state index < -0.39 is 0 Å². The van der Waals surface area contributed by atoms with Crippen molar-refractivity contribution in [3.05, 3.63) is 35.9 Å². The van der Waals surface area contributed by atoms with Gasteiger partial charge in [-0.3, -0.25) is 0 Å². The van der Waals surface area contributed by atoms with Gasteiger partial charge in [0.1, 0.15) is 0 Å². The molecule has 1 nitrogen and oxygen atoms in total. The molecule has 1 aromatic rings. The quantitative estimate of drug-likeness (QED) is 0.759. The number of hydrogen-bond acceptors (Lipinski definition) is 1. The third-order valence-electron chi connectivity index (χ3n) is 2.50. The number of hydrogen-bond donors (Lipinski definition) is 1. The molecule has 0 aliphatic carbocycles. The molecule has 1 aromatic carbocycles. The summed E-state index contributed by atoms with van der Waals surface area (Å²) in [6.45, 7) is 4.74. The molecule has 1 atom stereocenters. The minimum atomic E-state index is 0.284. The molecule has 0 aliphatic heterocycles. The molecular formula is C13H20O. The second-order valence-corrected chi connectivity index (χ2v) is 4.25. The smallest absolute Gasteiger partial charge is 0.0436 e. The van der Waals surface area contributed by atoms with E-state index in [1.807, 2.05) is 6.07 Å². The van der Waals surface area contributed by atoms with Crippen molar-refractivity contribution in [1.82, 2.24) is 0 Å². The summed E-state index contributed by atoms with van der Waals surface area (Å²) in [5.74, 6) is 1.20. The molecule has 0 heterocycles. The summed E-state index contributed by atoms with van der Waals surface area (Å²) in [5, 5.41) is 9.01. The lowest BCUT2D eigenvalue weighted by Crippen LogP contribution is -2.05. The van der Waals surface area contributed by atoms with Gasteiger partial charge in [-0.25, -0.2) is 0 Å². The maximum Gasteiger partial charge on any atom is 0.0436 e. The average Bonchev–Trinajstić information content (AvgIpc) is 2.18. The average molecular weight is 192 g/mol. The van der Waals surface area contributed by atoms with Crippen LogP contribution >= 0.6 is 0 Å². The van der Waals surface area contributed by atoms with Gasteiger partial charge in [-0.15, -0.1) is 0 Å².